The molecule has 2 aliphatic rings. The van der Waals surface area contributed by atoms with E-state index >= 15 is 0 Å². The first kappa shape index (κ1) is 17.6. The first-order valence-electron chi connectivity index (χ1n) is 9.47. The zero-order valence-electron chi connectivity index (χ0n) is 15.5. The molecule has 3 N–H and O–H groups in total. The lowest BCUT2D eigenvalue weighted by molar-refractivity contribution is -0.118. The van der Waals surface area contributed by atoms with Gasteiger partial charge in [0, 0.05) is 29.1 Å². The van der Waals surface area contributed by atoms with Crippen molar-refractivity contribution in [3.63, 3.8) is 0 Å². The van der Waals surface area contributed by atoms with Crippen LogP contribution in [0.5, 0.6) is 5.75 Å². The minimum atomic E-state index is -0.214. The van der Waals surface area contributed by atoms with Crippen LogP contribution >= 0.6 is 0 Å². The highest BCUT2D eigenvalue weighted by Gasteiger charge is 2.32. The number of carbonyl (C=O) groups excluding carboxylic acids is 2. The summed E-state index contributed by atoms with van der Waals surface area (Å²) in [6, 6.07) is 6.78. The molecule has 0 atom stereocenters. The van der Waals surface area contributed by atoms with Gasteiger partial charge in [0.2, 0.25) is 5.91 Å². The van der Waals surface area contributed by atoms with Crippen molar-refractivity contribution in [3.8, 4) is 17.0 Å². The normalized spacial score (nSPS) is 16.4. The number of rotatable bonds is 5. The summed E-state index contributed by atoms with van der Waals surface area (Å²) >= 11 is 0. The van der Waals surface area contributed by atoms with Crippen molar-refractivity contribution in [2.24, 2.45) is 5.92 Å². The van der Waals surface area contributed by atoms with Crippen LogP contribution in [-0.4, -0.2) is 32.9 Å². The number of hydrogen-bond acceptors (Lipinski definition) is 4. The number of benzene rings is 1. The molecule has 2 aliphatic carbocycles. The van der Waals surface area contributed by atoms with Crippen LogP contribution in [0.4, 0.5) is 10.5 Å². The molecule has 1 aromatic carbocycles. The molecule has 0 bridgehead atoms. The van der Waals surface area contributed by atoms with Crippen LogP contribution in [0.1, 0.15) is 51.1 Å². The van der Waals surface area contributed by atoms with Crippen molar-refractivity contribution in [2.45, 2.75) is 51.5 Å². The number of nitrogens with one attached hydrogen (secondary N) is 2. The number of nitrogens with zero attached hydrogens (tertiary/aromatic N) is 2. The molecule has 2 fully saturated rings. The molecule has 0 radical (unpaired) electrons. The van der Waals surface area contributed by atoms with Gasteiger partial charge in [-0.25, -0.2) is 4.79 Å². The van der Waals surface area contributed by atoms with Crippen molar-refractivity contribution in [1.82, 2.24) is 15.1 Å². The molecule has 7 heteroatoms. The van der Waals surface area contributed by atoms with Crippen molar-refractivity contribution in [2.75, 3.05) is 5.32 Å². The van der Waals surface area contributed by atoms with Crippen LogP contribution in [0.25, 0.3) is 11.3 Å². The molecule has 142 valence electrons. The van der Waals surface area contributed by atoms with E-state index in [1.807, 2.05) is 19.9 Å². The predicted octanol–water partition coefficient (Wildman–Crippen LogP) is 3.45. The first-order valence-corrected chi connectivity index (χ1v) is 9.47. The lowest BCUT2D eigenvalue weighted by Crippen LogP contribution is -2.32. The summed E-state index contributed by atoms with van der Waals surface area (Å²) in [4.78, 5) is 24.5. The summed E-state index contributed by atoms with van der Waals surface area (Å²) in [5.74, 6) is 0.156. The number of phenols is 1. The second-order valence-corrected chi connectivity index (χ2v) is 7.74. The molecule has 0 aliphatic heterocycles. The Morgan fingerprint density at radius 1 is 1.19 bits per heavy atom. The number of phenolic OH excluding ortho intramolecular Hbond substituents is 1. The lowest BCUT2D eigenvalue weighted by atomic mass is 10.1. The van der Waals surface area contributed by atoms with Crippen LogP contribution in [0.15, 0.2) is 24.3 Å². The number of anilines is 1. The van der Waals surface area contributed by atoms with Gasteiger partial charge in [-0.1, -0.05) is 13.8 Å². The van der Waals surface area contributed by atoms with E-state index in [-0.39, 0.29) is 29.6 Å². The highest BCUT2D eigenvalue weighted by Crippen LogP contribution is 2.42. The molecule has 2 aromatic rings. The van der Waals surface area contributed by atoms with E-state index in [4.69, 9.17) is 0 Å². The van der Waals surface area contributed by atoms with Crippen LogP contribution < -0.4 is 10.6 Å². The summed E-state index contributed by atoms with van der Waals surface area (Å²) in [6.45, 7) is 3.64. The van der Waals surface area contributed by atoms with E-state index in [1.54, 1.807) is 12.1 Å². The summed E-state index contributed by atoms with van der Waals surface area (Å²) < 4.78 is 1.43. The van der Waals surface area contributed by atoms with Crippen LogP contribution in [0.2, 0.25) is 0 Å². The fourth-order valence-corrected chi connectivity index (χ4v) is 2.93. The molecule has 2 saturated carbocycles. The number of aromatic hydroxyl groups is 1. The SMILES string of the molecule is CC(C)C(=O)Nc1ccc(O)c(-c2cc(C3CC3)n(C(=O)NC3CC3)n2)c1. The van der Waals surface area contributed by atoms with Gasteiger partial charge in [0.05, 0.1) is 11.4 Å². The highest BCUT2D eigenvalue weighted by atomic mass is 16.3. The van der Waals surface area contributed by atoms with Gasteiger partial charge in [0.15, 0.2) is 0 Å². The standard InChI is InChI=1S/C20H24N4O3/c1-11(2)19(26)21-14-7-8-18(25)15(9-14)16-10-17(12-3-4-12)24(23-16)20(27)22-13-5-6-13/h7-13,25H,3-6H2,1-2H3,(H,21,26)(H,22,27). The Labute approximate surface area is 157 Å². The van der Waals surface area contributed by atoms with Gasteiger partial charge in [-0.05, 0) is 49.9 Å². The van der Waals surface area contributed by atoms with Gasteiger partial charge in [-0.15, -0.1) is 0 Å². The van der Waals surface area contributed by atoms with Gasteiger partial charge in [-0.3, -0.25) is 4.79 Å². The zero-order chi connectivity index (χ0) is 19.1. The average Bonchev–Trinajstić information content (AvgIpc) is 3.56. The summed E-state index contributed by atoms with van der Waals surface area (Å²) in [7, 11) is 0. The maximum absolute atomic E-state index is 12.5. The first-order chi connectivity index (χ1) is 12.9. The van der Waals surface area contributed by atoms with Gasteiger partial charge >= 0.3 is 6.03 Å². The molecule has 0 unspecified atom stereocenters. The Balaban J connectivity index is 1.66. The Bertz CT molecular complexity index is 895. The third kappa shape index (κ3) is 3.82. The Hall–Kier alpha value is -2.83. The minimum absolute atomic E-state index is 0.0622. The second kappa shape index (κ2) is 6.72. The van der Waals surface area contributed by atoms with Gasteiger partial charge in [-0.2, -0.15) is 9.78 Å². The van der Waals surface area contributed by atoms with E-state index < -0.39 is 0 Å². The number of amides is 2. The predicted molar refractivity (Wildman–Crippen MR) is 102 cm³/mol. The van der Waals surface area contributed by atoms with E-state index in [2.05, 4.69) is 15.7 Å². The molecule has 0 saturated heterocycles. The van der Waals surface area contributed by atoms with E-state index in [0.717, 1.165) is 31.4 Å². The third-order valence-corrected chi connectivity index (χ3v) is 4.89. The maximum Gasteiger partial charge on any atom is 0.342 e. The fourth-order valence-electron chi connectivity index (χ4n) is 2.93. The molecule has 27 heavy (non-hydrogen) atoms. The molecule has 1 heterocycles. The van der Waals surface area contributed by atoms with Crippen molar-refractivity contribution >= 4 is 17.6 Å². The van der Waals surface area contributed by atoms with E-state index in [0.29, 0.717) is 22.9 Å². The van der Waals surface area contributed by atoms with Gasteiger partial charge < -0.3 is 15.7 Å². The Morgan fingerprint density at radius 3 is 2.56 bits per heavy atom. The summed E-state index contributed by atoms with van der Waals surface area (Å²) in [5, 5.41) is 20.6. The zero-order valence-corrected chi connectivity index (χ0v) is 15.5. The van der Waals surface area contributed by atoms with Crippen molar-refractivity contribution < 1.29 is 14.7 Å². The van der Waals surface area contributed by atoms with Crippen LogP contribution in [0.3, 0.4) is 0 Å². The smallest absolute Gasteiger partial charge is 0.342 e. The number of aromatic nitrogens is 2. The fraction of sp³-hybridized carbons (Fsp3) is 0.450. The lowest BCUT2D eigenvalue weighted by Gasteiger charge is -2.10. The van der Waals surface area contributed by atoms with E-state index in [9.17, 15) is 14.7 Å². The van der Waals surface area contributed by atoms with Gasteiger partial charge in [0.1, 0.15) is 5.75 Å². The largest absolute Gasteiger partial charge is 0.507 e. The van der Waals surface area contributed by atoms with Crippen molar-refractivity contribution in [1.29, 1.82) is 0 Å². The Morgan fingerprint density at radius 2 is 1.93 bits per heavy atom. The number of carbonyl (C=O) groups is 2. The maximum atomic E-state index is 12.5. The molecular formula is C20H24N4O3. The van der Waals surface area contributed by atoms with E-state index in [1.165, 1.54) is 10.7 Å². The third-order valence-electron chi connectivity index (χ3n) is 4.89. The molecule has 1 aromatic heterocycles. The quantitative estimate of drug-likeness (QED) is 0.704. The molecule has 0 spiro atoms. The van der Waals surface area contributed by atoms with Gasteiger partial charge in [0.25, 0.3) is 0 Å². The second-order valence-electron chi connectivity index (χ2n) is 7.74. The topological polar surface area (TPSA) is 96.2 Å². The molecule has 7 nitrogen and oxygen atoms in total. The van der Waals surface area contributed by atoms with Crippen molar-refractivity contribution in [3.05, 3.63) is 30.0 Å². The minimum Gasteiger partial charge on any atom is -0.507 e. The van der Waals surface area contributed by atoms with Crippen LogP contribution in [0, 0.1) is 5.92 Å². The molecular weight excluding hydrogens is 344 g/mol. The monoisotopic (exact) mass is 368 g/mol. The number of hydrogen-bond donors (Lipinski definition) is 3. The van der Waals surface area contributed by atoms with Crippen LogP contribution in [-0.2, 0) is 4.79 Å². The highest BCUT2D eigenvalue weighted by molar-refractivity contribution is 5.93. The summed E-state index contributed by atoms with van der Waals surface area (Å²) in [6.07, 6.45) is 4.10. The molecule has 2 amide bonds. The molecule has 4 rings (SSSR count). The Kier molecular flexibility index (Phi) is 4.37. The summed E-state index contributed by atoms with van der Waals surface area (Å²) in [5.41, 5.74) is 2.49. The average molecular weight is 368 g/mol.